The minimum absolute atomic E-state index is 0.0948. The predicted octanol–water partition coefficient (Wildman–Crippen LogP) is 2.24. The number of benzene rings is 1. The lowest BCUT2D eigenvalue weighted by molar-refractivity contribution is -0.121. The smallest absolute Gasteiger partial charge is 0.254 e. The summed E-state index contributed by atoms with van der Waals surface area (Å²) < 4.78 is 0. The molecule has 1 aromatic carbocycles. The van der Waals surface area contributed by atoms with Crippen LogP contribution in [-0.2, 0) is 4.79 Å². The highest BCUT2D eigenvalue weighted by Gasteiger charge is 2.31. The normalized spacial score (nSPS) is 16.8. The first-order chi connectivity index (χ1) is 12.6. The molecule has 26 heavy (non-hydrogen) atoms. The molecule has 4 rings (SSSR count). The van der Waals surface area contributed by atoms with Gasteiger partial charge in [0, 0.05) is 36.4 Å². The molecule has 1 aliphatic rings. The number of carbonyl (C=O) groups is 2. The van der Waals surface area contributed by atoms with Crippen molar-refractivity contribution < 1.29 is 9.59 Å². The highest BCUT2D eigenvalue weighted by molar-refractivity contribution is 6.07. The summed E-state index contributed by atoms with van der Waals surface area (Å²) >= 11 is 0. The molecule has 1 unspecified atom stereocenters. The van der Waals surface area contributed by atoms with Gasteiger partial charge in [0.25, 0.3) is 5.91 Å². The van der Waals surface area contributed by atoms with Crippen LogP contribution in [0.15, 0.2) is 54.9 Å². The zero-order valence-electron chi connectivity index (χ0n) is 14.1. The van der Waals surface area contributed by atoms with Crippen LogP contribution in [0.4, 0.5) is 0 Å². The fourth-order valence-corrected chi connectivity index (χ4v) is 3.37. The number of hydrogen-bond donors (Lipinski definition) is 1. The number of primary amides is 1. The van der Waals surface area contributed by atoms with E-state index in [1.54, 1.807) is 17.3 Å². The standard InChI is InChI=1S/C20H18N4O2/c21-19(25)14-7-10-24(12-14)20(26)16-11-18(13-5-8-22-9-6-13)23-17-4-2-1-3-15(16)17/h1-6,8-9,11,14H,7,10,12H2,(H2,21,25). The van der Waals surface area contributed by atoms with Crippen molar-refractivity contribution in [3.63, 3.8) is 0 Å². The van der Waals surface area contributed by atoms with Gasteiger partial charge in [0.05, 0.1) is 22.7 Å². The Morgan fingerprint density at radius 2 is 1.88 bits per heavy atom. The molecular formula is C20H18N4O2. The van der Waals surface area contributed by atoms with Gasteiger partial charge >= 0.3 is 0 Å². The average Bonchev–Trinajstić information content (AvgIpc) is 3.18. The highest BCUT2D eigenvalue weighted by atomic mass is 16.2. The Bertz CT molecular complexity index is 988. The van der Waals surface area contributed by atoms with E-state index in [9.17, 15) is 9.59 Å². The van der Waals surface area contributed by atoms with E-state index >= 15 is 0 Å². The Morgan fingerprint density at radius 1 is 1.12 bits per heavy atom. The van der Waals surface area contributed by atoms with Crippen LogP contribution < -0.4 is 5.73 Å². The number of para-hydroxylation sites is 1. The first-order valence-electron chi connectivity index (χ1n) is 8.52. The molecule has 3 heterocycles. The number of aromatic nitrogens is 2. The lowest BCUT2D eigenvalue weighted by atomic mass is 10.0. The topological polar surface area (TPSA) is 89.2 Å². The molecule has 1 fully saturated rings. The number of nitrogens with two attached hydrogens (primary N) is 1. The number of fused-ring (bicyclic) bond motifs is 1. The summed E-state index contributed by atoms with van der Waals surface area (Å²) in [5, 5.41) is 0.804. The Balaban J connectivity index is 1.78. The van der Waals surface area contributed by atoms with Crippen LogP contribution in [0.25, 0.3) is 22.2 Å². The second-order valence-corrected chi connectivity index (χ2v) is 6.45. The number of carbonyl (C=O) groups excluding carboxylic acids is 2. The van der Waals surface area contributed by atoms with Gasteiger partial charge in [-0.15, -0.1) is 0 Å². The molecule has 0 bridgehead atoms. The molecule has 1 aliphatic heterocycles. The van der Waals surface area contributed by atoms with Gasteiger partial charge in [0.1, 0.15) is 0 Å². The molecule has 0 radical (unpaired) electrons. The molecular weight excluding hydrogens is 328 g/mol. The monoisotopic (exact) mass is 346 g/mol. The SMILES string of the molecule is NC(=O)C1CCN(C(=O)c2cc(-c3ccncc3)nc3ccccc23)C1. The van der Waals surface area contributed by atoms with E-state index in [-0.39, 0.29) is 17.7 Å². The van der Waals surface area contributed by atoms with Gasteiger partial charge in [-0.1, -0.05) is 18.2 Å². The summed E-state index contributed by atoms with van der Waals surface area (Å²) in [5.41, 5.74) is 8.37. The maximum atomic E-state index is 13.1. The number of nitrogens with zero attached hydrogens (tertiary/aromatic N) is 3. The predicted molar refractivity (Wildman–Crippen MR) is 98.2 cm³/mol. The van der Waals surface area contributed by atoms with Gasteiger partial charge in [0.2, 0.25) is 5.91 Å². The van der Waals surface area contributed by atoms with Gasteiger partial charge < -0.3 is 10.6 Å². The van der Waals surface area contributed by atoms with E-state index in [1.165, 1.54) is 0 Å². The maximum Gasteiger partial charge on any atom is 0.254 e. The van der Waals surface area contributed by atoms with E-state index in [0.29, 0.717) is 25.1 Å². The van der Waals surface area contributed by atoms with Crippen molar-refractivity contribution in [1.29, 1.82) is 0 Å². The van der Waals surface area contributed by atoms with Crippen molar-refractivity contribution in [2.75, 3.05) is 13.1 Å². The Hall–Kier alpha value is -3.28. The molecule has 3 aromatic rings. The third-order valence-electron chi connectivity index (χ3n) is 4.80. The van der Waals surface area contributed by atoms with Crippen molar-refractivity contribution >= 4 is 22.7 Å². The van der Waals surface area contributed by atoms with Crippen molar-refractivity contribution in [2.45, 2.75) is 6.42 Å². The molecule has 6 nitrogen and oxygen atoms in total. The summed E-state index contributed by atoms with van der Waals surface area (Å²) in [7, 11) is 0. The average molecular weight is 346 g/mol. The Kier molecular flexibility index (Phi) is 4.08. The number of likely N-dealkylation sites (tertiary alicyclic amines) is 1. The minimum Gasteiger partial charge on any atom is -0.369 e. The molecule has 130 valence electrons. The van der Waals surface area contributed by atoms with E-state index < -0.39 is 0 Å². The van der Waals surface area contributed by atoms with Crippen LogP contribution in [0, 0.1) is 5.92 Å². The Labute approximate surface area is 150 Å². The molecule has 1 saturated heterocycles. The zero-order valence-corrected chi connectivity index (χ0v) is 14.1. The fourth-order valence-electron chi connectivity index (χ4n) is 3.37. The molecule has 0 saturated carbocycles. The maximum absolute atomic E-state index is 13.1. The van der Waals surface area contributed by atoms with Crippen LogP contribution in [0.2, 0.25) is 0 Å². The first-order valence-corrected chi connectivity index (χ1v) is 8.52. The lowest BCUT2D eigenvalue weighted by Crippen LogP contribution is -2.32. The van der Waals surface area contributed by atoms with Gasteiger partial charge in [-0.05, 0) is 30.7 Å². The molecule has 0 spiro atoms. The second-order valence-electron chi connectivity index (χ2n) is 6.45. The quantitative estimate of drug-likeness (QED) is 0.788. The molecule has 2 amide bonds. The third kappa shape index (κ3) is 2.90. The number of rotatable bonds is 3. The van der Waals surface area contributed by atoms with E-state index in [4.69, 9.17) is 5.73 Å². The fraction of sp³-hybridized carbons (Fsp3) is 0.200. The summed E-state index contributed by atoms with van der Waals surface area (Å²) in [6.45, 7) is 0.906. The van der Waals surface area contributed by atoms with Crippen LogP contribution in [0.3, 0.4) is 0 Å². The summed E-state index contributed by atoms with van der Waals surface area (Å²) in [5.74, 6) is -0.716. The highest BCUT2D eigenvalue weighted by Crippen LogP contribution is 2.27. The molecule has 2 N–H and O–H groups in total. The first kappa shape index (κ1) is 16.2. The van der Waals surface area contributed by atoms with Crippen LogP contribution >= 0.6 is 0 Å². The van der Waals surface area contributed by atoms with Gasteiger partial charge in [-0.25, -0.2) is 4.98 Å². The van der Waals surface area contributed by atoms with Gasteiger partial charge in [0.15, 0.2) is 0 Å². The van der Waals surface area contributed by atoms with Crippen molar-refractivity contribution in [3.8, 4) is 11.3 Å². The summed E-state index contributed by atoms with van der Waals surface area (Å²) in [6.07, 6.45) is 4.01. The number of pyridine rings is 2. The zero-order chi connectivity index (χ0) is 18.1. The molecule has 0 aliphatic carbocycles. The molecule has 1 atom stereocenters. The van der Waals surface area contributed by atoms with Crippen LogP contribution in [0.1, 0.15) is 16.8 Å². The van der Waals surface area contributed by atoms with E-state index in [0.717, 1.165) is 22.2 Å². The molecule has 2 aromatic heterocycles. The third-order valence-corrected chi connectivity index (χ3v) is 4.80. The second kappa shape index (κ2) is 6.55. The van der Waals surface area contributed by atoms with Crippen molar-refractivity contribution in [1.82, 2.24) is 14.9 Å². The summed E-state index contributed by atoms with van der Waals surface area (Å²) in [6, 6.07) is 13.1. The lowest BCUT2D eigenvalue weighted by Gasteiger charge is -2.18. The van der Waals surface area contributed by atoms with Crippen molar-refractivity contribution in [3.05, 3.63) is 60.4 Å². The van der Waals surface area contributed by atoms with Crippen LogP contribution in [0.5, 0.6) is 0 Å². The minimum atomic E-state index is -0.350. The van der Waals surface area contributed by atoms with E-state index in [2.05, 4.69) is 9.97 Å². The van der Waals surface area contributed by atoms with Crippen molar-refractivity contribution in [2.24, 2.45) is 11.7 Å². The largest absolute Gasteiger partial charge is 0.369 e. The number of hydrogen-bond acceptors (Lipinski definition) is 4. The van der Waals surface area contributed by atoms with E-state index in [1.807, 2.05) is 42.5 Å². The number of amides is 2. The van der Waals surface area contributed by atoms with Gasteiger partial charge in [-0.3, -0.25) is 14.6 Å². The van der Waals surface area contributed by atoms with Gasteiger partial charge in [-0.2, -0.15) is 0 Å². The Morgan fingerprint density at radius 3 is 2.62 bits per heavy atom. The van der Waals surface area contributed by atoms with Crippen LogP contribution in [-0.4, -0.2) is 39.8 Å². The summed E-state index contributed by atoms with van der Waals surface area (Å²) in [4.78, 5) is 35.0. The molecule has 6 heteroatoms.